The van der Waals surface area contributed by atoms with E-state index in [1.807, 2.05) is 20.8 Å². The predicted octanol–water partition coefficient (Wildman–Crippen LogP) is 5.37. The largest absolute Gasteiger partial charge is 0.444 e. The summed E-state index contributed by atoms with van der Waals surface area (Å²) in [5.41, 5.74) is 5.56. The van der Waals surface area contributed by atoms with Gasteiger partial charge in [0.25, 0.3) is 0 Å². The number of alkyl halides is 3. The highest BCUT2D eigenvalue weighted by Crippen LogP contribution is 2.55. The number of halogens is 4. The minimum absolute atomic E-state index is 0.0409. The van der Waals surface area contributed by atoms with Gasteiger partial charge >= 0.3 is 12.3 Å². The van der Waals surface area contributed by atoms with E-state index in [1.165, 1.54) is 16.9 Å². The Hall–Kier alpha value is -4.08. The van der Waals surface area contributed by atoms with Crippen LogP contribution in [0.25, 0.3) is 11.3 Å². The summed E-state index contributed by atoms with van der Waals surface area (Å²) in [6, 6.07) is 4.85. The van der Waals surface area contributed by atoms with Crippen molar-refractivity contribution in [1.29, 1.82) is 5.26 Å². The quantitative estimate of drug-likeness (QED) is 0.430. The summed E-state index contributed by atoms with van der Waals surface area (Å²) >= 11 is 0. The van der Waals surface area contributed by atoms with Crippen LogP contribution in [0.2, 0.25) is 0 Å². The molecule has 1 aromatic carbocycles. The smallest absolute Gasteiger partial charge is 0.419 e. The first kappa shape index (κ1) is 27.5. The molecule has 1 saturated carbocycles. The third kappa shape index (κ3) is 5.22. The number of hydrogen-bond donors (Lipinski definition) is 1. The number of hydrogen-bond acceptors (Lipinski definition) is 6. The van der Waals surface area contributed by atoms with Crippen molar-refractivity contribution in [3.8, 4) is 17.3 Å². The molecule has 1 aliphatic carbocycles. The van der Waals surface area contributed by atoms with Crippen LogP contribution >= 0.6 is 0 Å². The van der Waals surface area contributed by atoms with Crippen LogP contribution in [-0.2, 0) is 17.5 Å². The lowest BCUT2D eigenvalue weighted by molar-refractivity contribution is -0.140. The summed E-state index contributed by atoms with van der Waals surface area (Å²) < 4.78 is 61.4. The Kier molecular flexibility index (Phi) is 6.55. The molecule has 3 aromatic rings. The molecule has 1 amide bonds. The highest BCUT2D eigenvalue weighted by atomic mass is 19.4. The second kappa shape index (κ2) is 9.53. The number of likely N-dealkylation sites (tertiary alicyclic amines) is 1. The van der Waals surface area contributed by atoms with Gasteiger partial charge < -0.3 is 15.4 Å². The third-order valence-electron chi connectivity index (χ3n) is 7.42. The van der Waals surface area contributed by atoms with Gasteiger partial charge in [0.1, 0.15) is 34.6 Å². The van der Waals surface area contributed by atoms with Gasteiger partial charge in [-0.2, -0.15) is 28.6 Å². The van der Waals surface area contributed by atoms with E-state index in [-0.39, 0.29) is 41.0 Å². The zero-order chi connectivity index (χ0) is 29.0. The van der Waals surface area contributed by atoms with E-state index in [0.717, 1.165) is 31.4 Å². The van der Waals surface area contributed by atoms with Crippen molar-refractivity contribution in [3.63, 3.8) is 0 Å². The fraction of sp³-hybridized carbons (Fsp3) is 0.481. The Labute approximate surface area is 228 Å². The molecule has 0 bridgehead atoms. The van der Waals surface area contributed by atoms with Crippen LogP contribution in [0.5, 0.6) is 0 Å². The molecular formula is C27H29F4N7O2. The van der Waals surface area contributed by atoms with E-state index in [2.05, 4.69) is 16.3 Å². The number of benzene rings is 1. The molecule has 0 atom stereocenters. The lowest BCUT2D eigenvalue weighted by Crippen LogP contribution is -2.43. The normalized spacial score (nSPS) is 20.9. The standard InChI is InChI=1S/C27H29F4N7O2/c1-25(2,3)40-24(39)36-7-6-26(15-36)9-18(10-26)38-23(33)19(11-32)22(35-38)17-12-34-37(14-17)13-16-4-5-21(28)20(8-16)27(29,30)31/h4-5,8,12,14,18H,6-7,9-10,13,15,33H2,1-3H3/t18-,26-. The van der Waals surface area contributed by atoms with Crippen LogP contribution < -0.4 is 5.73 Å². The van der Waals surface area contributed by atoms with Crippen LogP contribution in [0.1, 0.15) is 62.8 Å². The molecule has 212 valence electrons. The Bertz CT molecular complexity index is 1490. The topological polar surface area (TPSA) is 115 Å². The van der Waals surface area contributed by atoms with Gasteiger partial charge in [0.2, 0.25) is 0 Å². The maximum Gasteiger partial charge on any atom is 0.419 e. The molecule has 9 nitrogen and oxygen atoms in total. The van der Waals surface area contributed by atoms with E-state index >= 15 is 0 Å². The van der Waals surface area contributed by atoms with Crippen molar-refractivity contribution in [2.45, 2.75) is 64.4 Å². The molecule has 3 heterocycles. The van der Waals surface area contributed by atoms with E-state index in [0.29, 0.717) is 24.3 Å². The average molecular weight is 560 g/mol. The summed E-state index contributed by atoms with van der Waals surface area (Å²) in [5.74, 6) is -1.12. The van der Waals surface area contributed by atoms with E-state index in [4.69, 9.17) is 10.5 Å². The number of ether oxygens (including phenoxy) is 1. The van der Waals surface area contributed by atoms with Crippen LogP contribution in [0.15, 0.2) is 30.6 Å². The molecule has 5 rings (SSSR count). The summed E-state index contributed by atoms with van der Waals surface area (Å²) in [5, 5.41) is 18.6. The van der Waals surface area contributed by atoms with Crippen molar-refractivity contribution in [2.24, 2.45) is 5.41 Å². The molecule has 2 aliphatic rings. The first-order chi connectivity index (χ1) is 18.7. The highest BCUT2D eigenvalue weighted by Gasteiger charge is 2.51. The van der Waals surface area contributed by atoms with Gasteiger partial charge in [0.05, 0.1) is 24.3 Å². The van der Waals surface area contributed by atoms with Gasteiger partial charge in [-0.3, -0.25) is 4.68 Å². The lowest BCUT2D eigenvalue weighted by atomic mass is 9.65. The Balaban J connectivity index is 1.30. The number of nitrogens with two attached hydrogens (primary N) is 1. The minimum atomic E-state index is -4.81. The number of aromatic nitrogens is 4. The number of carbonyl (C=O) groups is 1. The second-order valence-corrected chi connectivity index (χ2v) is 11.6. The Morgan fingerprint density at radius 2 is 2.00 bits per heavy atom. The number of anilines is 1. The fourth-order valence-corrected chi connectivity index (χ4v) is 5.55. The van der Waals surface area contributed by atoms with Gasteiger partial charge in [-0.15, -0.1) is 0 Å². The lowest BCUT2D eigenvalue weighted by Gasteiger charge is -2.45. The van der Waals surface area contributed by atoms with Gasteiger partial charge in [-0.05, 0) is 63.1 Å². The van der Waals surface area contributed by atoms with Crippen LogP contribution in [0.4, 0.5) is 28.2 Å². The fourth-order valence-electron chi connectivity index (χ4n) is 5.55. The van der Waals surface area contributed by atoms with Crippen LogP contribution in [0, 0.1) is 22.6 Å². The molecule has 0 unspecified atom stereocenters. The van der Waals surface area contributed by atoms with E-state index in [9.17, 15) is 27.6 Å². The molecule has 2 N–H and O–H groups in total. The Morgan fingerprint density at radius 3 is 2.65 bits per heavy atom. The molecule has 13 heteroatoms. The average Bonchev–Trinajstić information content (AvgIpc) is 3.54. The molecule has 1 spiro atoms. The first-order valence-corrected chi connectivity index (χ1v) is 12.8. The number of nitrogens with zero attached hydrogens (tertiary/aromatic N) is 6. The first-order valence-electron chi connectivity index (χ1n) is 12.8. The molecule has 2 aromatic heterocycles. The third-order valence-corrected chi connectivity index (χ3v) is 7.42. The van der Waals surface area contributed by atoms with E-state index < -0.39 is 23.2 Å². The summed E-state index contributed by atoms with van der Waals surface area (Å²) in [7, 11) is 0. The highest BCUT2D eigenvalue weighted by molar-refractivity contribution is 5.72. The van der Waals surface area contributed by atoms with Crippen molar-refractivity contribution >= 4 is 11.9 Å². The van der Waals surface area contributed by atoms with Crippen molar-refractivity contribution in [3.05, 3.63) is 53.1 Å². The van der Waals surface area contributed by atoms with Crippen molar-refractivity contribution in [2.75, 3.05) is 18.8 Å². The maximum atomic E-state index is 13.6. The number of amides is 1. The van der Waals surface area contributed by atoms with Crippen LogP contribution in [-0.4, -0.2) is 49.2 Å². The number of carbonyl (C=O) groups excluding carboxylic acids is 1. The van der Waals surface area contributed by atoms with Gasteiger partial charge in [-0.25, -0.2) is 13.9 Å². The minimum Gasteiger partial charge on any atom is -0.444 e. The summed E-state index contributed by atoms with van der Waals surface area (Å²) in [4.78, 5) is 14.2. The van der Waals surface area contributed by atoms with Crippen LogP contribution in [0.3, 0.4) is 0 Å². The zero-order valence-electron chi connectivity index (χ0n) is 22.3. The van der Waals surface area contributed by atoms with Crippen molar-refractivity contribution in [1.82, 2.24) is 24.5 Å². The molecule has 1 saturated heterocycles. The van der Waals surface area contributed by atoms with E-state index in [1.54, 1.807) is 15.8 Å². The summed E-state index contributed by atoms with van der Waals surface area (Å²) in [6.45, 7) is 6.65. The molecule has 0 radical (unpaired) electrons. The molecular weight excluding hydrogens is 530 g/mol. The van der Waals surface area contributed by atoms with Gasteiger partial charge in [0, 0.05) is 24.8 Å². The number of rotatable bonds is 4. The second-order valence-electron chi connectivity index (χ2n) is 11.6. The molecule has 40 heavy (non-hydrogen) atoms. The number of nitriles is 1. The SMILES string of the molecule is CC(C)(C)OC(=O)N1CC[C@]2(C1)C[C@H](n1nc(-c3cnn(Cc4ccc(F)c(C(F)(F)F)c4)c3)c(C#N)c1N)C2. The Morgan fingerprint density at radius 1 is 1.27 bits per heavy atom. The monoisotopic (exact) mass is 559 g/mol. The zero-order valence-corrected chi connectivity index (χ0v) is 22.3. The molecule has 2 fully saturated rings. The predicted molar refractivity (Wildman–Crippen MR) is 136 cm³/mol. The van der Waals surface area contributed by atoms with Gasteiger partial charge in [-0.1, -0.05) is 6.07 Å². The van der Waals surface area contributed by atoms with Crippen molar-refractivity contribution < 1.29 is 27.1 Å². The molecule has 1 aliphatic heterocycles. The van der Waals surface area contributed by atoms with Gasteiger partial charge in [0.15, 0.2) is 0 Å². The number of nitrogen functional groups attached to an aromatic ring is 1. The maximum absolute atomic E-state index is 13.6. The summed E-state index contributed by atoms with van der Waals surface area (Å²) in [6.07, 6.45) is 0.206.